The second-order valence-electron chi connectivity index (χ2n) is 5.61. The molecule has 0 spiro atoms. The number of halogens is 1. The number of carbonyl (C=O) groups excluding carboxylic acids is 1. The van der Waals surface area contributed by atoms with Gasteiger partial charge in [-0.25, -0.2) is 4.39 Å². The fraction of sp³-hybridized carbons (Fsp3) is 0.412. The topological polar surface area (TPSA) is 65.4 Å². The third kappa shape index (κ3) is 3.91. The average Bonchev–Trinajstić information content (AvgIpc) is 3.06. The van der Waals surface area contributed by atoms with Crippen LogP contribution in [-0.4, -0.2) is 41.0 Å². The van der Waals surface area contributed by atoms with Crippen molar-refractivity contribution in [2.24, 2.45) is 0 Å². The van der Waals surface area contributed by atoms with Gasteiger partial charge in [-0.1, -0.05) is 6.07 Å². The van der Waals surface area contributed by atoms with E-state index in [2.05, 4.69) is 10.4 Å². The SMILES string of the molecule is CCn1ccc(C(=O)N[C@@H]2COCC[C@@H]2Oc2cccc(F)c2)n1. The fourth-order valence-electron chi connectivity index (χ4n) is 2.61. The Morgan fingerprint density at radius 2 is 2.38 bits per heavy atom. The van der Waals surface area contributed by atoms with Crippen LogP contribution in [0.1, 0.15) is 23.8 Å². The highest BCUT2D eigenvalue weighted by Crippen LogP contribution is 2.19. The Morgan fingerprint density at radius 3 is 3.12 bits per heavy atom. The molecule has 1 aromatic heterocycles. The molecule has 2 heterocycles. The van der Waals surface area contributed by atoms with Crippen molar-refractivity contribution in [3.63, 3.8) is 0 Å². The molecule has 1 aliphatic heterocycles. The molecule has 6 nitrogen and oxygen atoms in total. The molecule has 7 heteroatoms. The summed E-state index contributed by atoms with van der Waals surface area (Å²) >= 11 is 0. The van der Waals surface area contributed by atoms with E-state index in [1.807, 2.05) is 6.92 Å². The van der Waals surface area contributed by atoms with E-state index in [4.69, 9.17) is 9.47 Å². The highest BCUT2D eigenvalue weighted by molar-refractivity contribution is 5.92. The predicted octanol–water partition coefficient (Wildman–Crippen LogP) is 2.01. The van der Waals surface area contributed by atoms with Crippen molar-refractivity contribution in [1.82, 2.24) is 15.1 Å². The molecule has 1 aliphatic rings. The summed E-state index contributed by atoms with van der Waals surface area (Å²) in [5, 5.41) is 7.09. The zero-order valence-corrected chi connectivity index (χ0v) is 13.4. The lowest BCUT2D eigenvalue weighted by Crippen LogP contribution is -2.51. The zero-order valence-electron chi connectivity index (χ0n) is 13.4. The molecule has 0 bridgehead atoms. The summed E-state index contributed by atoms with van der Waals surface area (Å²) in [6, 6.07) is 7.33. The first-order chi connectivity index (χ1) is 11.7. The summed E-state index contributed by atoms with van der Waals surface area (Å²) in [5.74, 6) is -0.188. The lowest BCUT2D eigenvalue weighted by Gasteiger charge is -2.32. The molecule has 1 N–H and O–H groups in total. The van der Waals surface area contributed by atoms with Gasteiger partial charge in [-0.05, 0) is 25.1 Å². The van der Waals surface area contributed by atoms with Gasteiger partial charge in [0.15, 0.2) is 0 Å². The van der Waals surface area contributed by atoms with Crippen LogP contribution >= 0.6 is 0 Å². The zero-order chi connectivity index (χ0) is 16.9. The van der Waals surface area contributed by atoms with Crippen LogP contribution in [0.3, 0.4) is 0 Å². The van der Waals surface area contributed by atoms with Crippen LogP contribution in [0.2, 0.25) is 0 Å². The van der Waals surface area contributed by atoms with E-state index in [-0.39, 0.29) is 23.9 Å². The van der Waals surface area contributed by atoms with Gasteiger partial charge >= 0.3 is 0 Å². The third-order valence-corrected chi connectivity index (χ3v) is 3.89. The molecule has 1 saturated heterocycles. The van der Waals surface area contributed by atoms with Gasteiger partial charge < -0.3 is 14.8 Å². The van der Waals surface area contributed by atoms with Gasteiger partial charge in [-0.15, -0.1) is 0 Å². The first kappa shape index (κ1) is 16.4. The third-order valence-electron chi connectivity index (χ3n) is 3.89. The first-order valence-corrected chi connectivity index (χ1v) is 8.00. The Morgan fingerprint density at radius 1 is 1.50 bits per heavy atom. The van der Waals surface area contributed by atoms with Gasteiger partial charge in [-0.3, -0.25) is 9.48 Å². The Labute approximate surface area is 139 Å². The Kier molecular flexibility index (Phi) is 5.10. The molecule has 24 heavy (non-hydrogen) atoms. The summed E-state index contributed by atoms with van der Waals surface area (Å²) in [5.41, 5.74) is 0.354. The van der Waals surface area contributed by atoms with Crippen LogP contribution < -0.4 is 10.1 Å². The van der Waals surface area contributed by atoms with Crippen molar-refractivity contribution in [3.8, 4) is 5.75 Å². The van der Waals surface area contributed by atoms with Gasteiger partial charge in [0.2, 0.25) is 0 Å². The van der Waals surface area contributed by atoms with Crippen molar-refractivity contribution in [3.05, 3.63) is 48.0 Å². The van der Waals surface area contributed by atoms with E-state index in [0.717, 1.165) is 0 Å². The molecule has 0 saturated carbocycles. The molecule has 2 atom stereocenters. The van der Waals surface area contributed by atoms with Crippen molar-refractivity contribution >= 4 is 5.91 Å². The smallest absolute Gasteiger partial charge is 0.272 e. The van der Waals surface area contributed by atoms with Crippen LogP contribution in [0.4, 0.5) is 4.39 Å². The number of benzene rings is 1. The monoisotopic (exact) mass is 333 g/mol. The Balaban J connectivity index is 1.66. The number of amides is 1. The van der Waals surface area contributed by atoms with Gasteiger partial charge in [0.05, 0.1) is 19.3 Å². The maximum absolute atomic E-state index is 13.3. The number of nitrogens with zero attached hydrogens (tertiary/aromatic N) is 2. The van der Waals surface area contributed by atoms with Crippen LogP contribution in [0.5, 0.6) is 5.75 Å². The molecule has 0 aliphatic carbocycles. The lowest BCUT2D eigenvalue weighted by atomic mass is 10.1. The largest absolute Gasteiger partial charge is 0.488 e. The molecular weight excluding hydrogens is 313 g/mol. The summed E-state index contributed by atoms with van der Waals surface area (Å²) in [6.45, 7) is 3.54. The summed E-state index contributed by atoms with van der Waals surface area (Å²) in [7, 11) is 0. The number of aromatic nitrogens is 2. The van der Waals surface area contributed by atoms with Crippen molar-refractivity contribution in [2.75, 3.05) is 13.2 Å². The van der Waals surface area contributed by atoms with E-state index in [9.17, 15) is 9.18 Å². The summed E-state index contributed by atoms with van der Waals surface area (Å²) in [6.07, 6.45) is 2.09. The minimum Gasteiger partial charge on any atom is -0.488 e. The Hall–Kier alpha value is -2.41. The molecule has 1 fully saturated rings. The van der Waals surface area contributed by atoms with Crippen LogP contribution in [0.25, 0.3) is 0 Å². The predicted molar refractivity (Wildman–Crippen MR) is 85.4 cm³/mol. The fourth-order valence-corrected chi connectivity index (χ4v) is 2.61. The molecule has 0 radical (unpaired) electrons. The first-order valence-electron chi connectivity index (χ1n) is 8.00. The standard InChI is InChI=1S/C17H20FN3O3/c1-2-21-8-6-14(20-21)17(22)19-15-11-23-9-7-16(15)24-13-5-3-4-12(18)10-13/h3-6,8,10,15-16H,2,7,9,11H2,1H3,(H,19,22)/t15-,16+/m1/s1. The molecule has 128 valence electrons. The average molecular weight is 333 g/mol. The quantitative estimate of drug-likeness (QED) is 0.909. The number of ether oxygens (including phenoxy) is 2. The summed E-state index contributed by atoms with van der Waals surface area (Å²) < 4.78 is 26.3. The number of aryl methyl sites for hydroxylation is 1. The number of hydrogen-bond acceptors (Lipinski definition) is 4. The number of hydrogen-bond donors (Lipinski definition) is 1. The number of carbonyl (C=O) groups is 1. The number of nitrogens with one attached hydrogen (secondary N) is 1. The van der Waals surface area contributed by atoms with Crippen LogP contribution in [0.15, 0.2) is 36.5 Å². The molecule has 2 aromatic rings. The van der Waals surface area contributed by atoms with E-state index < -0.39 is 0 Å². The van der Waals surface area contributed by atoms with E-state index in [0.29, 0.717) is 37.6 Å². The normalized spacial score (nSPS) is 20.6. The van der Waals surface area contributed by atoms with E-state index >= 15 is 0 Å². The molecule has 0 unspecified atom stereocenters. The second-order valence-corrected chi connectivity index (χ2v) is 5.61. The van der Waals surface area contributed by atoms with Gasteiger partial charge in [0.25, 0.3) is 5.91 Å². The maximum atomic E-state index is 13.3. The van der Waals surface area contributed by atoms with Gasteiger partial charge in [0.1, 0.15) is 23.4 Å². The Bertz CT molecular complexity index is 704. The molecular formula is C17H20FN3O3. The summed E-state index contributed by atoms with van der Waals surface area (Å²) in [4.78, 5) is 12.3. The molecule has 3 rings (SSSR count). The van der Waals surface area contributed by atoms with Crippen molar-refractivity contribution < 1.29 is 18.7 Å². The highest BCUT2D eigenvalue weighted by atomic mass is 19.1. The molecule has 1 aromatic carbocycles. The number of rotatable bonds is 5. The second kappa shape index (κ2) is 7.44. The van der Waals surface area contributed by atoms with Crippen LogP contribution in [-0.2, 0) is 11.3 Å². The van der Waals surface area contributed by atoms with Crippen molar-refractivity contribution in [1.29, 1.82) is 0 Å². The highest BCUT2D eigenvalue weighted by Gasteiger charge is 2.29. The molecule has 1 amide bonds. The van der Waals surface area contributed by atoms with Crippen molar-refractivity contribution in [2.45, 2.75) is 32.0 Å². The van der Waals surface area contributed by atoms with Gasteiger partial charge in [-0.2, -0.15) is 5.10 Å². The van der Waals surface area contributed by atoms with E-state index in [1.165, 1.54) is 12.1 Å². The minimum absolute atomic E-state index is 0.273. The minimum atomic E-state index is -0.356. The van der Waals surface area contributed by atoms with Gasteiger partial charge in [0, 0.05) is 25.2 Å². The van der Waals surface area contributed by atoms with Crippen LogP contribution in [0, 0.1) is 5.82 Å². The maximum Gasteiger partial charge on any atom is 0.272 e. The lowest BCUT2D eigenvalue weighted by molar-refractivity contribution is -0.00304. The van der Waals surface area contributed by atoms with E-state index in [1.54, 1.807) is 29.1 Å².